The van der Waals surface area contributed by atoms with Crippen molar-refractivity contribution in [3.63, 3.8) is 0 Å². The van der Waals surface area contributed by atoms with E-state index >= 15 is 0 Å². The number of allylic oxidation sites excluding steroid dienone is 3. The zero-order chi connectivity index (χ0) is 29.4. The number of nitrogens with one attached hydrogen (secondary N) is 1. The van der Waals surface area contributed by atoms with Crippen LogP contribution in [0.25, 0.3) is 0 Å². The van der Waals surface area contributed by atoms with Gasteiger partial charge in [0.15, 0.2) is 5.82 Å². The number of aliphatic hydroxyl groups is 2. The number of aliphatic hydroxyl groups excluding tert-OH is 2. The average Bonchev–Trinajstić information content (AvgIpc) is 3.34. The first-order valence-electron chi connectivity index (χ1n) is 13.9. The maximum atomic E-state index is 12.5. The third-order valence-corrected chi connectivity index (χ3v) is 7.62. The highest BCUT2D eigenvalue weighted by molar-refractivity contribution is 5.87. The third-order valence-electron chi connectivity index (χ3n) is 7.62. The van der Waals surface area contributed by atoms with Crippen LogP contribution in [0.1, 0.15) is 71.0 Å². The molecule has 0 radical (unpaired) electrons. The normalized spacial score (nSPS) is 32.4. The van der Waals surface area contributed by atoms with Crippen molar-refractivity contribution in [2.24, 2.45) is 11.8 Å². The number of ether oxygens (including phenoxy) is 2. The Morgan fingerprint density at radius 2 is 1.95 bits per heavy atom. The number of hydrogen-bond donors (Lipinski definition) is 4. The number of aliphatic carboxylic acids is 1. The van der Waals surface area contributed by atoms with Crippen molar-refractivity contribution in [2.45, 2.75) is 103 Å². The molecule has 0 aromatic carbocycles. The van der Waals surface area contributed by atoms with E-state index in [1.54, 1.807) is 19.1 Å². The van der Waals surface area contributed by atoms with Gasteiger partial charge < -0.3 is 34.6 Å². The van der Waals surface area contributed by atoms with Crippen molar-refractivity contribution < 1.29 is 38.9 Å². The molecule has 0 spiro atoms. The molecule has 1 aromatic heterocycles. The molecule has 2 fully saturated rings. The fourth-order valence-corrected chi connectivity index (χ4v) is 5.15. The molecule has 0 saturated carbocycles. The first-order valence-corrected chi connectivity index (χ1v) is 13.9. The number of aryl methyl sites for hydroxylation is 1. The molecule has 4 N–H and O–H groups in total. The minimum Gasteiger partial charge on any atom is -0.481 e. The molecule has 0 aliphatic carbocycles. The van der Waals surface area contributed by atoms with Crippen molar-refractivity contribution in [3.05, 3.63) is 47.7 Å². The summed E-state index contributed by atoms with van der Waals surface area (Å²) in [4.78, 5) is 27.8. The highest BCUT2D eigenvalue weighted by atomic mass is 16.5. The lowest BCUT2D eigenvalue weighted by Gasteiger charge is -2.39. The molecule has 2 aliphatic heterocycles. The smallest absolute Gasteiger partial charge is 0.305 e. The van der Waals surface area contributed by atoms with Gasteiger partial charge in [0.1, 0.15) is 6.10 Å². The van der Waals surface area contributed by atoms with Gasteiger partial charge in [0.2, 0.25) is 11.8 Å². The highest BCUT2D eigenvalue weighted by Crippen LogP contribution is 2.30. The summed E-state index contributed by atoms with van der Waals surface area (Å²) in [5.41, 5.74) is 0.951. The molecule has 0 bridgehead atoms. The molecule has 1 amide bonds. The molecule has 2 aliphatic rings. The number of carbonyl (C=O) groups is 2. The molecule has 9 atom stereocenters. The minimum absolute atomic E-state index is 0.0150. The second-order valence-electron chi connectivity index (χ2n) is 11.1. The molecular formula is C29H43N3O8. The SMILES string of the molecule is CC(/C=C/[C@H]1OC(CC(=O)O)C[C@@H](CO)[C@@H]1O)=C\C[C@@H]1O[C@H](C)[C@H](NC(=O)/C=C\[C@H](C)c2noc(C)n2)C[C@@H]1C. The van der Waals surface area contributed by atoms with Gasteiger partial charge in [-0.3, -0.25) is 9.59 Å². The molecule has 11 nitrogen and oxygen atoms in total. The minimum atomic E-state index is -0.976. The van der Waals surface area contributed by atoms with Gasteiger partial charge in [-0.2, -0.15) is 4.98 Å². The summed E-state index contributed by atoms with van der Waals surface area (Å²) >= 11 is 0. The molecule has 3 heterocycles. The Labute approximate surface area is 235 Å². The van der Waals surface area contributed by atoms with Crippen molar-refractivity contribution in [1.29, 1.82) is 0 Å². The first-order chi connectivity index (χ1) is 19.0. The Hall–Kier alpha value is -2.86. The van der Waals surface area contributed by atoms with E-state index in [4.69, 9.17) is 19.1 Å². The topological polar surface area (TPSA) is 164 Å². The van der Waals surface area contributed by atoms with E-state index in [-0.39, 0.29) is 49.0 Å². The second kappa shape index (κ2) is 14.7. The summed E-state index contributed by atoms with van der Waals surface area (Å²) in [6.45, 7) is 9.39. The Bertz CT molecular complexity index is 1080. The van der Waals surface area contributed by atoms with E-state index in [1.165, 1.54) is 6.08 Å². The van der Waals surface area contributed by atoms with E-state index in [0.717, 1.165) is 12.0 Å². The van der Waals surface area contributed by atoms with Crippen LogP contribution in [0.2, 0.25) is 0 Å². The number of carboxylic acid groups (broad SMARTS) is 1. The van der Waals surface area contributed by atoms with E-state index in [0.29, 0.717) is 24.6 Å². The van der Waals surface area contributed by atoms with Gasteiger partial charge in [0.25, 0.3) is 0 Å². The molecule has 1 aromatic rings. The molecular weight excluding hydrogens is 518 g/mol. The zero-order valence-electron chi connectivity index (χ0n) is 23.9. The lowest BCUT2D eigenvalue weighted by Crippen LogP contribution is -2.50. The largest absolute Gasteiger partial charge is 0.481 e. The van der Waals surface area contributed by atoms with Crippen molar-refractivity contribution in [3.8, 4) is 0 Å². The van der Waals surface area contributed by atoms with E-state index in [2.05, 4.69) is 28.5 Å². The predicted molar refractivity (Wildman–Crippen MR) is 146 cm³/mol. The lowest BCUT2D eigenvalue weighted by atomic mass is 9.87. The van der Waals surface area contributed by atoms with Crippen molar-refractivity contribution >= 4 is 11.9 Å². The molecule has 40 heavy (non-hydrogen) atoms. The Balaban J connectivity index is 1.50. The maximum Gasteiger partial charge on any atom is 0.305 e. The summed E-state index contributed by atoms with van der Waals surface area (Å²) < 4.78 is 17.0. The Morgan fingerprint density at radius 1 is 1.20 bits per heavy atom. The summed E-state index contributed by atoms with van der Waals surface area (Å²) in [6.07, 6.45) is 8.12. The van der Waals surface area contributed by atoms with Crippen LogP contribution >= 0.6 is 0 Å². The highest BCUT2D eigenvalue weighted by Gasteiger charge is 2.37. The van der Waals surface area contributed by atoms with Crippen LogP contribution in [0, 0.1) is 18.8 Å². The standard InChI is InChI=1S/C29H43N3O8/c1-16(7-10-25-28(37)21(15-33)13-22(39-25)14-27(35)36)6-9-24-18(3)12-23(19(4)38-24)31-26(34)11-8-17(2)29-30-20(5)40-32-29/h6-8,10-11,17-19,21-25,28,33,37H,9,12-15H2,1-5H3,(H,31,34)(H,35,36)/b10-7+,11-8-,16-6+/t17-,18-,19+,21-,22?,23+,24-,25+,28-/m0/s1. The van der Waals surface area contributed by atoms with Crippen molar-refractivity contribution in [1.82, 2.24) is 15.5 Å². The number of rotatable bonds is 11. The van der Waals surface area contributed by atoms with E-state index < -0.39 is 30.2 Å². The van der Waals surface area contributed by atoms with Crippen molar-refractivity contribution in [2.75, 3.05) is 6.61 Å². The Kier molecular flexibility index (Phi) is 11.6. The van der Waals surface area contributed by atoms with Crippen LogP contribution in [0.15, 0.2) is 40.5 Å². The van der Waals surface area contributed by atoms with Gasteiger partial charge in [-0.05, 0) is 45.1 Å². The van der Waals surface area contributed by atoms with E-state index in [9.17, 15) is 19.8 Å². The summed E-state index contributed by atoms with van der Waals surface area (Å²) in [5, 5.41) is 36.1. The summed E-state index contributed by atoms with van der Waals surface area (Å²) in [5.74, 6) is -0.522. The van der Waals surface area contributed by atoms with Crippen LogP contribution in [0.4, 0.5) is 0 Å². The fourth-order valence-electron chi connectivity index (χ4n) is 5.15. The first kappa shape index (κ1) is 31.7. The van der Waals surface area contributed by atoms with Gasteiger partial charge in [-0.15, -0.1) is 0 Å². The van der Waals surface area contributed by atoms with Crippen LogP contribution in [-0.2, 0) is 19.1 Å². The third kappa shape index (κ3) is 9.09. The number of carbonyl (C=O) groups excluding carboxylic acids is 1. The number of amides is 1. The second-order valence-corrected chi connectivity index (χ2v) is 11.1. The van der Waals surface area contributed by atoms with Crippen LogP contribution in [0.3, 0.4) is 0 Å². The Morgan fingerprint density at radius 3 is 2.60 bits per heavy atom. The molecule has 2 saturated heterocycles. The number of aromatic nitrogens is 2. The van der Waals surface area contributed by atoms with Crippen LogP contribution in [-0.4, -0.2) is 80.5 Å². The van der Waals surface area contributed by atoms with Gasteiger partial charge in [-0.1, -0.05) is 48.9 Å². The monoisotopic (exact) mass is 561 g/mol. The number of carboxylic acids is 1. The van der Waals surface area contributed by atoms with Gasteiger partial charge in [-0.25, -0.2) is 0 Å². The maximum absolute atomic E-state index is 12.5. The van der Waals surface area contributed by atoms with Crippen LogP contribution in [0.5, 0.6) is 0 Å². The molecule has 3 rings (SSSR count). The van der Waals surface area contributed by atoms with Gasteiger partial charge in [0.05, 0.1) is 36.9 Å². The predicted octanol–water partition coefficient (Wildman–Crippen LogP) is 2.83. The molecule has 222 valence electrons. The quantitative estimate of drug-likeness (QED) is 0.233. The number of hydrogen-bond acceptors (Lipinski definition) is 9. The fraction of sp³-hybridized carbons (Fsp3) is 0.655. The van der Waals surface area contributed by atoms with Gasteiger partial charge >= 0.3 is 5.97 Å². The lowest BCUT2D eigenvalue weighted by molar-refractivity contribution is -0.155. The molecule has 1 unspecified atom stereocenters. The summed E-state index contributed by atoms with van der Waals surface area (Å²) in [7, 11) is 0. The van der Waals surface area contributed by atoms with Gasteiger partial charge in [0, 0.05) is 25.4 Å². The zero-order valence-corrected chi connectivity index (χ0v) is 23.9. The summed E-state index contributed by atoms with van der Waals surface area (Å²) in [6, 6.07) is -0.112. The number of nitrogens with zero attached hydrogens (tertiary/aromatic N) is 2. The van der Waals surface area contributed by atoms with E-state index in [1.807, 2.05) is 26.8 Å². The molecule has 11 heteroatoms. The van der Waals surface area contributed by atoms with Crippen LogP contribution < -0.4 is 5.32 Å². The average molecular weight is 562 g/mol.